The van der Waals surface area contributed by atoms with Crippen LogP contribution in [-0.4, -0.2) is 25.6 Å². The molecule has 3 heteroatoms. The third-order valence-electron chi connectivity index (χ3n) is 2.38. The third kappa shape index (κ3) is 3.34. The van der Waals surface area contributed by atoms with Gasteiger partial charge < -0.3 is 0 Å². The summed E-state index contributed by atoms with van der Waals surface area (Å²) in [6.07, 6.45) is 0. The summed E-state index contributed by atoms with van der Waals surface area (Å²) in [5.41, 5.74) is 6.46. The summed E-state index contributed by atoms with van der Waals surface area (Å²) in [4.78, 5) is 0. The number of likely N-dealkylation sites (N-methyl/N-ethyl adjacent to an activating group) is 1. The maximum Gasteiger partial charge on any atom is 0.0409 e. The van der Waals surface area contributed by atoms with Crippen LogP contribution < -0.4 is 5.43 Å². The zero-order chi connectivity index (χ0) is 11.4. The van der Waals surface area contributed by atoms with Gasteiger partial charge in [-0.3, -0.25) is 5.43 Å². The van der Waals surface area contributed by atoms with E-state index in [4.69, 9.17) is 11.6 Å². The molecule has 0 aromatic heterocycles. The van der Waals surface area contributed by atoms with Crippen molar-refractivity contribution in [2.45, 2.75) is 6.92 Å². The molecule has 0 amide bonds. The van der Waals surface area contributed by atoms with Gasteiger partial charge in [-0.05, 0) is 42.8 Å². The van der Waals surface area contributed by atoms with Gasteiger partial charge >= 0.3 is 0 Å². The van der Waals surface area contributed by atoms with Crippen LogP contribution >= 0.6 is 11.6 Å². The van der Waals surface area contributed by atoms with Gasteiger partial charge in [-0.25, -0.2) is 5.01 Å². The quantitative estimate of drug-likeness (QED) is 0.792. The molecule has 0 aliphatic rings. The monoisotopic (exact) mass is 224 g/mol. The number of hydrogen-bond acceptors (Lipinski definition) is 2. The maximum absolute atomic E-state index is 5.90. The first-order valence-electron chi connectivity index (χ1n) is 4.87. The first-order valence-corrected chi connectivity index (χ1v) is 5.25. The molecule has 1 N–H and O–H groups in total. The van der Waals surface area contributed by atoms with Crippen molar-refractivity contribution in [2.24, 2.45) is 0 Å². The van der Waals surface area contributed by atoms with E-state index in [0.717, 1.165) is 22.7 Å². The minimum absolute atomic E-state index is 0.769. The van der Waals surface area contributed by atoms with E-state index in [2.05, 4.69) is 12.0 Å². The predicted molar refractivity (Wildman–Crippen MR) is 66.9 cm³/mol. The molecular weight excluding hydrogens is 208 g/mol. The maximum atomic E-state index is 5.90. The SMILES string of the molecule is C=C(CN(C)NC)c1ccc(Cl)cc1C. The fourth-order valence-corrected chi connectivity index (χ4v) is 1.70. The van der Waals surface area contributed by atoms with Gasteiger partial charge in [0.25, 0.3) is 0 Å². The molecule has 1 aromatic carbocycles. The molecule has 0 bridgehead atoms. The highest BCUT2D eigenvalue weighted by Crippen LogP contribution is 2.21. The number of benzene rings is 1. The summed E-state index contributed by atoms with van der Waals surface area (Å²) < 4.78 is 0. The Hall–Kier alpha value is -0.830. The average molecular weight is 225 g/mol. The lowest BCUT2D eigenvalue weighted by molar-refractivity contribution is 0.294. The number of hydrazine groups is 1. The molecule has 0 aliphatic heterocycles. The molecule has 0 aliphatic carbocycles. The Morgan fingerprint density at radius 1 is 1.53 bits per heavy atom. The lowest BCUT2D eigenvalue weighted by Crippen LogP contribution is -2.32. The Balaban J connectivity index is 2.82. The Morgan fingerprint density at radius 3 is 2.73 bits per heavy atom. The first kappa shape index (κ1) is 12.2. The van der Waals surface area contributed by atoms with Gasteiger partial charge in [-0.1, -0.05) is 24.2 Å². The van der Waals surface area contributed by atoms with Crippen molar-refractivity contribution in [1.82, 2.24) is 10.4 Å². The van der Waals surface area contributed by atoms with E-state index in [-0.39, 0.29) is 0 Å². The van der Waals surface area contributed by atoms with Crippen molar-refractivity contribution in [3.8, 4) is 0 Å². The first-order chi connectivity index (χ1) is 7.04. The van der Waals surface area contributed by atoms with Gasteiger partial charge in [0.15, 0.2) is 0 Å². The lowest BCUT2D eigenvalue weighted by atomic mass is 10.0. The molecular formula is C12H17ClN2. The van der Waals surface area contributed by atoms with E-state index in [1.54, 1.807) is 0 Å². The molecule has 0 fully saturated rings. The number of nitrogens with zero attached hydrogens (tertiary/aromatic N) is 1. The van der Waals surface area contributed by atoms with Crippen molar-refractivity contribution in [3.05, 3.63) is 40.9 Å². The summed E-state index contributed by atoms with van der Waals surface area (Å²) in [5.74, 6) is 0. The van der Waals surface area contributed by atoms with E-state index in [9.17, 15) is 0 Å². The van der Waals surface area contributed by atoms with Gasteiger partial charge in [0.05, 0.1) is 0 Å². The Kier molecular flexibility index (Phi) is 4.33. The molecule has 1 rings (SSSR count). The van der Waals surface area contributed by atoms with Gasteiger partial charge in [0, 0.05) is 18.6 Å². The van der Waals surface area contributed by atoms with Gasteiger partial charge in [-0.2, -0.15) is 0 Å². The number of aryl methyl sites for hydroxylation is 1. The largest absolute Gasteiger partial charge is 0.258 e. The molecule has 15 heavy (non-hydrogen) atoms. The summed E-state index contributed by atoms with van der Waals surface area (Å²) in [6, 6.07) is 5.87. The van der Waals surface area contributed by atoms with Gasteiger partial charge in [0.2, 0.25) is 0 Å². The van der Waals surface area contributed by atoms with Gasteiger partial charge in [0.1, 0.15) is 0 Å². The molecule has 0 saturated heterocycles. The van der Waals surface area contributed by atoms with Crippen LogP contribution in [0.4, 0.5) is 0 Å². The average Bonchev–Trinajstić information content (AvgIpc) is 2.17. The zero-order valence-electron chi connectivity index (χ0n) is 9.47. The smallest absolute Gasteiger partial charge is 0.0409 e. The fourth-order valence-electron chi connectivity index (χ4n) is 1.47. The molecule has 0 saturated carbocycles. The lowest BCUT2D eigenvalue weighted by Gasteiger charge is -2.17. The van der Waals surface area contributed by atoms with Crippen LogP contribution in [-0.2, 0) is 0 Å². The van der Waals surface area contributed by atoms with Crippen LogP contribution in [0.3, 0.4) is 0 Å². The highest BCUT2D eigenvalue weighted by atomic mass is 35.5. The van der Waals surface area contributed by atoms with E-state index < -0.39 is 0 Å². The second kappa shape index (κ2) is 5.31. The minimum Gasteiger partial charge on any atom is -0.258 e. The fraction of sp³-hybridized carbons (Fsp3) is 0.333. The van der Waals surface area contributed by atoms with Crippen LogP contribution in [0.1, 0.15) is 11.1 Å². The van der Waals surface area contributed by atoms with E-state index in [1.807, 2.05) is 44.2 Å². The van der Waals surface area contributed by atoms with Gasteiger partial charge in [-0.15, -0.1) is 0 Å². The topological polar surface area (TPSA) is 15.3 Å². The molecule has 2 nitrogen and oxygen atoms in total. The van der Waals surface area contributed by atoms with Crippen molar-refractivity contribution >= 4 is 17.2 Å². The second-order valence-electron chi connectivity index (χ2n) is 3.64. The van der Waals surface area contributed by atoms with Crippen LogP contribution in [0.25, 0.3) is 5.57 Å². The van der Waals surface area contributed by atoms with E-state index in [0.29, 0.717) is 0 Å². The molecule has 1 aromatic rings. The number of nitrogens with one attached hydrogen (secondary N) is 1. The van der Waals surface area contributed by atoms with Crippen LogP contribution in [0.15, 0.2) is 24.8 Å². The summed E-state index contributed by atoms with van der Waals surface area (Å²) >= 11 is 5.90. The highest BCUT2D eigenvalue weighted by molar-refractivity contribution is 6.30. The van der Waals surface area contributed by atoms with Crippen LogP contribution in [0.2, 0.25) is 5.02 Å². The third-order valence-corrected chi connectivity index (χ3v) is 2.61. The number of rotatable bonds is 4. The van der Waals surface area contributed by atoms with E-state index in [1.165, 1.54) is 5.56 Å². The normalized spacial score (nSPS) is 10.7. The molecule has 82 valence electrons. The van der Waals surface area contributed by atoms with Crippen LogP contribution in [0, 0.1) is 6.92 Å². The van der Waals surface area contributed by atoms with Crippen LogP contribution in [0.5, 0.6) is 0 Å². The standard InChI is InChI=1S/C12H17ClN2/c1-9-7-11(13)5-6-12(9)10(2)8-15(4)14-3/h5-7,14H,2,8H2,1,3-4H3. The predicted octanol–water partition coefficient (Wildman–Crippen LogP) is 2.73. The molecule has 0 heterocycles. The van der Waals surface area contributed by atoms with Crippen molar-refractivity contribution in [3.63, 3.8) is 0 Å². The van der Waals surface area contributed by atoms with Crippen molar-refractivity contribution in [1.29, 1.82) is 0 Å². The molecule has 0 radical (unpaired) electrons. The second-order valence-corrected chi connectivity index (χ2v) is 4.08. The van der Waals surface area contributed by atoms with E-state index >= 15 is 0 Å². The summed E-state index contributed by atoms with van der Waals surface area (Å²) in [7, 11) is 3.87. The Labute approximate surface area is 96.5 Å². The molecule has 0 spiro atoms. The number of halogens is 1. The zero-order valence-corrected chi connectivity index (χ0v) is 10.2. The number of hydrogen-bond donors (Lipinski definition) is 1. The summed E-state index contributed by atoms with van der Waals surface area (Å²) in [5, 5.41) is 2.75. The molecule has 0 unspecified atom stereocenters. The highest BCUT2D eigenvalue weighted by Gasteiger charge is 2.05. The summed E-state index contributed by atoms with van der Waals surface area (Å²) in [6.45, 7) is 6.92. The Morgan fingerprint density at radius 2 is 2.20 bits per heavy atom. The molecule has 0 atom stereocenters. The minimum atomic E-state index is 0.769. The van der Waals surface area contributed by atoms with Crippen molar-refractivity contribution < 1.29 is 0 Å². The Bertz CT molecular complexity index is 361. The van der Waals surface area contributed by atoms with Crippen molar-refractivity contribution in [2.75, 3.05) is 20.6 Å².